The smallest absolute Gasteiger partial charge is 0.241 e. The summed E-state index contributed by atoms with van der Waals surface area (Å²) in [4.78, 5) is 13.9. The fourth-order valence-corrected chi connectivity index (χ4v) is 2.24. The second kappa shape index (κ2) is 6.10. The first kappa shape index (κ1) is 13.2. The van der Waals surface area contributed by atoms with Crippen molar-refractivity contribution in [1.82, 2.24) is 4.90 Å². The van der Waals surface area contributed by atoms with Crippen LogP contribution >= 0.6 is 11.6 Å². The van der Waals surface area contributed by atoms with E-state index in [4.69, 9.17) is 11.6 Å². The van der Waals surface area contributed by atoms with Crippen molar-refractivity contribution >= 4 is 23.2 Å². The van der Waals surface area contributed by atoms with E-state index in [-0.39, 0.29) is 5.91 Å². The number of amides is 1. The van der Waals surface area contributed by atoms with Crippen molar-refractivity contribution in [3.63, 3.8) is 0 Å². The highest BCUT2D eigenvalue weighted by molar-refractivity contribution is 6.30. The van der Waals surface area contributed by atoms with Crippen LogP contribution in [0.5, 0.6) is 0 Å². The molecule has 98 valence electrons. The molecule has 1 N–H and O–H groups in total. The number of benzene rings is 1. The Labute approximate surface area is 113 Å². The summed E-state index contributed by atoms with van der Waals surface area (Å²) in [6.07, 6.45) is 2.24. The van der Waals surface area contributed by atoms with E-state index in [2.05, 4.69) is 12.2 Å². The van der Waals surface area contributed by atoms with Gasteiger partial charge in [0, 0.05) is 23.8 Å². The molecule has 0 aliphatic carbocycles. The first-order valence-electron chi connectivity index (χ1n) is 6.42. The fraction of sp³-hybridized carbons (Fsp3) is 0.500. The molecular formula is C14H19ClN2O. The van der Waals surface area contributed by atoms with E-state index in [0.717, 1.165) is 37.5 Å². The molecule has 0 radical (unpaired) electrons. The van der Waals surface area contributed by atoms with E-state index < -0.39 is 0 Å². The quantitative estimate of drug-likeness (QED) is 0.912. The van der Waals surface area contributed by atoms with Crippen LogP contribution < -0.4 is 5.32 Å². The Morgan fingerprint density at radius 3 is 2.56 bits per heavy atom. The van der Waals surface area contributed by atoms with Gasteiger partial charge in [-0.25, -0.2) is 0 Å². The zero-order valence-electron chi connectivity index (χ0n) is 10.7. The molecule has 0 saturated carbocycles. The highest BCUT2D eigenvalue weighted by Crippen LogP contribution is 2.16. The van der Waals surface area contributed by atoms with Gasteiger partial charge in [-0.2, -0.15) is 0 Å². The lowest BCUT2D eigenvalue weighted by molar-refractivity contribution is -0.130. The molecule has 3 nitrogen and oxygen atoms in total. The molecule has 0 atom stereocenters. The van der Waals surface area contributed by atoms with Gasteiger partial charge in [-0.1, -0.05) is 18.5 Å². The number of nitrogens with zero attached hydrogens (tertiary/aromatic N) is 1. The lowest BCUT2D eigenvalue weighted by Gasteiger charge is -2.30. The minimum atomic E-state index is 0.178. The third kappa shape index (κ3) is 3.64. The van der Waals surface area contributed by atoms with Gasteiger partial charge in [0.05, 0.1) is 6.54 Å². The molecule has 4 heteroatoms. The normalized spacial score (nSPS) is 16.7. The molecule has 1 heterocycles. The molecule has 2 rings (SSSR count). The number of hydrogen-bond donors (Lipinski definition) is 1. The average Bonchev–Trinajstić information content (AvgIpc) is 2.38. The Kier molecular flexibility index (Phi) is 4.48. The number of carbonyl (C=O) groups is 1. The van der Waals surface area contributed by atoms with E-state index in [1.807, 2.05) is 29.2 Å². The van der Waals surface area contributed by atoms with Crippen LogP contribution in [0.4, 0.5) is 5.69 Å². The lowest BCUT2D eigenvalue weighted by Crippen LogP contribution is -2.40. The minimum absolute atomic E-state index is 0.178. The van der Waals surface area contributed by atoms with Crippen molar-refractivity contribution in [2.45, 2.75) is 19.8 Å². The second-order valence-electron chi connectivity index (χ2n) is 4.92. The number of likely N-dealkylation sites (tertiary alicyclic amines) is 1. The molecule has 1 aromatic carbocycles. The van der Waals surface area contributed by atoms with E-state index in [1.165, 1.54) is 0 Å². The first-order chi connectivity index (χ1) is 8.65. The van der Waals surface area contributed by atoms with Crippen molar-refractivity contribution in [2.24, 2.45) is 5.92 Å². The topological polar surface area (TPSA) is 32.3 Å². The van der Waals surface area contributed by atoms with Crippen LogP contribution in [0.1, 0.15) is 19.8 Å². The summed E-state index contributed by atoms with van der Waals surface area (Å²) in [5.74, 6) is 0.926. The monoisotopic (exact) mass is 266 g/mol. The van der Waals surface area contributed by atoms with Crippen molar-refractivity contribution in [2.75, 3.05) is 25.0 Å². The second-order valence-corrected chi connectivity index (χ2v) is 5.36. The number of anilines is 1. The summed E-state index contributed by atoms with van der Waals surface area (Å²) in [7, 11) is 0. The summed E-state index contributed by atoms with van der Waals surface area (Å²) in [5.41, 5.74) is 0.929. The summed E-state index contributed by atoms with van der Waals surface area (Å²) in [6.45, 7) is 4.38. The van der Waals surface area contributed by atoms with Gasteiger partial charge in [-0.05, 0) is 43.0 Å². The molecule has 1 aromatic rings. The van der Waals surface area contributed by atoms with Gasteiger partial charge in [-0.3, -0.25) is 4.79 Å². The van der Waals surface area contributed by atoms with Crippen molar-refractivity contribution < 1.29 is 4.79 Å². The summed E-state index contributed by atoms with van der Waals surface area (Å²) < 4.78 is 0. The standard InChI is InChI=1S/C14H19ClN2O/c1-11-6-8-17(9-7-11)14(18)10-16-13-4-2-12(15)3-5-13/h2-5,11,16H,6-10H2,1H3. The molecule has 0 bridgehead atoms. The number of halogens is 1. The first-order valence-corrected chi connectivity index (χ1v) is 6.80. The van der Waals surface area contributed by atoms with Crippen LogP contribution in [0.2, 0.25) is 5.02 Å². The zero-order chi connectivity index (χ0) is 13.0. The van der Waals surface area contributed by atoms with Gasteiger partial charge >= 0.3 is 0 Å². The van der Waals surface area contributed by atoms with E-state index in [0.29, 0.717) is 11.6 Å². The Morgan fingerprint density at radius 1 is 1.33 bits per heavy atom. The molecule has 18 heavy (non-hydrogen) atoms. The maximum atomic E-state index is 12.0. The maximum absolute atomic E-state index is 12.0. The Morgan fingerprint density at radius 2 is 1.94 bits per heavy atom. The highest BCUT2D eigenvalue weighted by atomic mass is 35.5. The van der Waals surface area contributed by atoms with Crippen LogP contribution in [-0.4, -0.2) is 30.4 Å². The van der Waals surface area contributed by atoms with Gasteiger partial charge < -0.3 is 10.2 Å². The number of carbonyl (C=O) groups excluding carboxylic acids is 1. The molecule has 1 saturated heterocycles. The molecule has 1 aliphatic rings. The van der Waals surface area contributed by atoms with Gasteiger partial charge in [0.25, 0.3) is 0 Å². The average molecular weight is 267 g/mol. The van der Waals surface area contributed by atoms with Crippen LogP contribution in [0.3, 0.4) is 0 Å². The van der Waals surface area contributed by atoms with Crippen molar-refractivity contribution in [3.05, 3.63) is 29.3 Å². The van der Waals surface area contributed by atoms with E-state index in [9.17, 15) is 4.79 Å². The van der Waals surface area contributed by atoms with Gasteiger partial charge in [0.1, 0.15) is 0 Å². The molecule has 1 fully saturated rings. The summed E-state index contributed by atoms with van der Waals surface area (Å²) >= 11 is 5.81. The summed E-state index contributed by atoms with van der Waals surface area (Å²) in [6, 6.07) is 7.40. The number of nitrogens with one attached hydrogen (secondary N) is 1. The van der Waals surface area contributed by atoms with Gasteiger partial charge in [0.15, 0.2) is 0 Å². The van der Waals surface area contributed by atoms with Crippen molar-refractivity contribution in [3.8, 4) is 0 Å². The minimum Gasteiger partial charge on any atom is -0.376 e. The van der Waals surface area contributed by atoms with Crippen LogP contribution in [0, 0.1) is 5.92 Å². The van der Waals surface area contributed by atoms with Crippen LogP contribution in [0.25, 0.3) is 0 Å². The zero-order valence-corrected chi connectivity index (χ0v) is 11.4. The predicted octanol–water partition coefficient (Wildman–Crippen LogP) is 3.01. The Bertz CT molecular complexity index is 397. The molecule has 0 aromatic heterocycles. The maximum Gasteiger partial charge on any atom is 0.241 e. The third-order valence-corrected chi connectivity index (χ3v) is 3.68. The van der Waals surface area contributed by atoms with Gasteiger partial charge in [0.2, 0.25) is 5.91 Å². The number of piperidine rings is 1. The molecule has 0 spiro atoms. The van der Waals surface area contributed by atoms with Gasteiger partial charge in [-0.15, -0.1) is 0 Å². The van der Waals surface area contributed by atoms with Crippen LogP contribution in [-0.2, 0) is 4.79 Å². The third-order valence-electron chi connectivity index (χ3n) is 3.42. The SMILES string of the molecule is CC1CCN(C(=O)CNc2ccc(Cl)cc2)CC1. The Hall–Kier alpha value is -1.22. The number of rotatable bonds is 3. The lowest BCUT2D eigenvalue weighted by atomic mass is 9.99. The van der Waals surface area contributed by atoms with Crippen molar-refractivity contribution in [1.29, 1.82) is 0 Å². The molecule has 0 unspecified atom stereocenters. The molecular weight excluding hydrogens is 248 g/mol. The predicted molar refractivity (Wildman–Crippen MR) is 74.9 cm³/mol. The summed E-state index contributed by atoms with van der Waals surface area (Å²) in [5, 5.41) is 3.84. The molecule has 1 amide bonds. The van der Waals surface area contributed by atoms with E-state index in [1.54, 1.807) is 0 Å². The fourth-order valence-electron chi connectivity index (χ4n) is 2.12. The van der Waals surface area contributed by atoms with Crippen LogP contribution in [0.15, 0.2) is 24.3 Å². The van der Waals surface area contributed by atoms with E-state index >= 15 is 0 Å². The largest absolute Gasteiger partial charge is 0.376 e. The number of hydrogen-bond acceptors (Lipinski definition) is 2. The Balaban J connectivity index is 1.79. The highest BCUT2D eigenvalue weighted by Gasteiger charge is 2.19. The molecule has 1 aliphatic heterocycles.